The van der Waals surface area contributed by atoms with Gasteiger partial charge in [0.1, 0.15) is 12.1 Å². The van der Waals surface area contributed by atoms with E-state index in [0.717, 1.165) is 37.8 Å². The average Bonchev–Trinajstić information content (AvgIpc) is 3.32. The fourth-order valence-corrected chi connectivity index (χ4v) is 7.40. The molecule has 2 aliphatic heterocycles. The lowest BCUT2D eigenvalue weighted by Gasteiger charge is -2.41. The number of anilines is 2. The minimum atomic E-state index is -0.228. The third kappa shape index (κ3) is 2.65. The Hall–Kier alpha value is -4.91. The van der Waals surface area contributed by atoms with Crippen LogP contribution in [0.4, 0.5) is 11.4 Å². The van der Waals surface area contributed by atoms with Gasteiger partial charge >= 0.3 is 6.85 Å². The normalized spacial score (nSPS) is 13.0. The van der Waals surface area contributed by atoms with Crippen LogP contribution in [0.15, 0.2) is 113 Å². The van der Waals surface area contributed by atoms with Crippen molar-refractivity contribution in [1.82, 2.24) is 4.57 Å². The Labute approximate surface area is 224 Å². The van der Waals surface area contributed by atoms with Crippen molar-refractivity contribution in [2.45, 2.75) is 9.79 Å². The van der Waals surface area contributed by atoms with Crippen molar-refractivity contribution in [3.05, 3.63) is 114 Å². The van der Waals surface area contributed by atoms with Crippen LogP contribution in [0.3, 0.4) is 0 Å². The van der Waals surface area contributed by atoms with E-state index in [4.69, 9.17) is 0 Å². The summed E-state index contributed by atoms with van der Waals surface area (Å²) in [5.74, 6) is 0. The van der Waals surface area contributed by atoms with Crippen LogP contribution < -0.4 is 15.7 Å². The van der Waals surface area contributed by atoms with Gasteiger partial charge in [0, 0.05) is 26.3 Å². The number of fused-ring (bicyclic) bond motifs is 7. The zero-order chi connectivity index (χ0) is 25.4. The summed E-state index contributed by atoms with van der Waals surface area (Å²) >= 11 is 1.62. The van der Waals surface area contributed by atoms with Crippen molar-refractivity contribution in [2.24, 2.45) is 0 Å². The first kappa shape index (κ1) is 21.2. The lowest BCUT2D eigenvalue weighted by atomic mass is 9.46. The molecule has 0 saturated heterocycles. The Kier molecular flexibility index (Phi) is 4.35. The van der Waals surface area contributed by atoms with Gasteiger partial charge in [-0.2, -0.15) is 10.5 Å². The van der Waals surface area contributed by atoms with E-state index in [2.05, 4.69) is 100 Å². The van der Waals surface area contributed by atoms with Gasteiger partial charge in [0.25, 0.3) is 0 Å². The number of hydrogen-bond acceptors (Lipinski definition) is 4. The topological polar surface area (TPSA) is 55.8 Å². The van der Waals surface area contributed by atoms with Crippen molar-refractivity contribution in [3.8, 4) is 17.8 Å². The molecule has 4 nitrogen and oxygen atoms in total. The average molecular weight is 500 g/mol. The highest BCUT2D eigenvalue weighted by atomic mass is 32.2. The quantitative estimate of drug-likeness (QED) is 0.251. The largest absolute Gasteiger partial charge is 0.373 e. The lowest BCUT2D eigenvalue weighted by Crippen LogP contribution is -2.59. The fraction of sp³-hybridized carbons (Fsp3) is 0. The SMILES string of the molecule is N#Cc1cccc2c1N(B1c3ccccc3-n3c4ccccc4c4cccc1c43)c1c(C#N)cccc1S2. The highest BCUT2D eigenvalue weighted by molar-refractivity contribution is 7.99. The molecular weight excluding hydrogens is 483 g/mol. The third-order valence-electron chi connectivity index (χ3n) is 7.69. The summed E-state index contributed by atoms with van der Waals surface area (Å²) in [6.45, 7) is -0.228. The minimum Gasteiger partial charge on any atom is -0.373 e. The molecule has 5 aromatic carbocycles. The number of benzene rings is 5. The number of rotatable bonds is 1. The summed E-state index contributed by atoms with van der Waals surface area (Å²) in [5.41, 5.74) is 8.67. The van der Waals surface area contributed by atoms with Crippen LogP contribution in [-0.4, -0.2) is 11.4 Å². The van der Waals surface area contributed by atoms with Crippen LogP contribution >= 0.6 is 11.8 Å². The van der Waals surface area contributed by atoms with Gasteiger partial charge in [0.05, 0.1) is 33.5 Å². The molecule has 0 radical (unpaired) electrons. The smallest absolute Gasteiger partial charge is 0.332 e. The first-order valence-corrected chi connectivity index (χ1v) is 13.3. The summed E-state index contributed by atoms with van der Waals surface area (Å²) in [6, 6.07) is 40.2. The maximum atomic E-state index is 10.2. The molecule has 0 spiro atoms. The molecular formula is C32H17BN4S. The fourth-order valence-electron chi connectivity index (χ4n) is 6.26. The Morgan fingerprint density at radius 3 is 1.95 bits per heavy atom. The molecule has 0 fully saturated rings. The predicted molar refractivity (Wildman–Crippen MR) is 154 cm³/mol. The van der Waals surface area contributed by atoms with Gasteiger partial charge in [0.15, 0.2) is 0 Å². The van der Waals surface area contributed by atoms with Gasteiger partial charge < -0.3 is 9.38 Å². The zero-order valence-electron chi connectivity index (χ0n) is 20.1. The van der Waals surface area contributed by atoms with Crippen molar-refractivity contribution < 1.29 is 0 Å². The Bertz CT molecular complexity index is 2000. The second kappa shape index (κ2) is 7.80. The second-order valence-corrected chi connectivity index (χ2v) is 10.6. The van der Waals surface area contributed by atoms with E-state index in [-0.39, 0.29) is 6.85 Å². The van der Waals surface area contributed by atoms with E-state index < -0.39 is 0 Å². The van der Waals surface area contributed by atoms with E-state index in [1.807, 2.05) is 24.3 Å². The monoisotopic (exact) mass is 500 g/mol. The van der Waals surface area contributed by atoms with Gasteiger partial charge in [-0.25, -0.2) is 0 Å². The Morgan fingerprint density at radius 1 is 0.605 bits per heavy atom. The molecule has 1 aromatic heterocycles. The van der Waals surface area contributed by atoms with Gasteiger partial charge in [-0.3, -0.25) is 0 Å². The maximum absolute atomic E-state index is 10.2. The predicted octanol–water partition coefficient (Wildman–Crippen LogP) is 6.25. The molecule has 0 atom stereocenters. The first-order valence-electron chi connectivity index (χ1n) is 12.4. The molecule has 38 heavy (non-hydrogen) atoms. The summed E-state index contributed by atoms with van der Waals surface area (Å²) in [5, 5.41) is 22.9. The van der Waals surface area contributed by atoms with Crippen molar-refractivity contribution >= 4 is 62.7 Å². The van der Waals surface area contributed by atoms with Crippen molar-refractivity contribution in [2.75, 3.05) is 4.81 Å². The highest BCUT2D eigenvalue weighted by Gasteiger charge is 2.42. The number of nitrogens with zero attached hydrogens (tertiary/aromatic N) is 4. The van der Waals surface area contributed by atoms with Gasteiger partial charge in [-0.15, -0.1) is 0 Å². The third-order valence-corrected chi connectivity index (χ3v) is 8.79. The van der Waals surface area contributed by atoms with E-state index in [1.165, 1.54) is 21.8 Å². The number of aromatic nitrogens is 1. The van der Waals surface area contributed by atoms with Crippen LogP contribution in [0.2, 0.25) is 0 Å². The van der Waals surface area contributed by atoms with Crippen LogP contribution in [-0.2, 0) is 0 Å². The van der Waals surface area contributed by atoms with E-state index >= 15 is 0 Å². The molecule has 174 valence electrons. The molecule has 8 rings (SSSR count). The van der Waals surface area contributed by atoms with Gasteiger partial charge in [-0.1, -0.05) is 78.5 Å². The molecule has 0 saturated carbocycles. The van der Waals surface area contributed by atoms with E-state index in [0.29, 0.717) is 11.1 Å². The molecule has 6 aromatic rings. The van der Waals surface area contributed by atoms with E-state index in [9.17, 15) is 10.5 Å². The zero-order valence-corrected chi connectivity index (χ0v) is 20.9. The van der Waals surface area contributed by atoms with Gasteiger partial charge in [-0.05, 0) is 47.3 Å². The van der Waals surface area contributed by atoms with Crippen LogP contribution in [0.25, 0.3) is 27.5 Å². The van der Waals surface area contributed by atoms with Crippen LogP contribution in [0.1, 0.15) is 11.1 Å². The minimum absolute atomic E-state index is 0.228. The summed E-state index contributed by atoms with van der Waals surface area (Å²) in [4.78, 5) is 4.29. The summed E-state index contributed by atoms with van der Waals surface area (Å²) < 4.78 is 2.37. The lowest BCUT2D eigenvalue weighted by molar-refractivity contribution is 1.17. The second-order valence-electron chi connectivity index (χ2n) is 9.56. The molecule has 0 N–H and O–H groups in total. The van der Waals surface area contributed by atoms with E-state index in [1.54, 1.807) is 11.8 Å². The standard InChI is InChI=1S/C32H17BN4S/c34-18-20-8-5-16-28-30(20)37(31-21(19-35)9-6-17-29(31)38-28)33-24-12-2-4-15-27(24)36-26-14-3-1-10-22(26)23-11-7-13-25(33)32(23)36/h1-17H. The first-order chi connectivity index (χ1) is 18.8. The summed E-state index contributed by atoms with van der Waals surface area (Å²) in [6.07, 6.45) is 0. The molecule has 0 amide bonds. The van der Waals surface area contributed by atoms with Crippen LogP contribution in [0.5, 0.6) is 0 Å². The molecule has 3 heterocycles. The molecule has 6 heteroatoms. The highest BCUT2D eigenvalue weighted by Crippen LogP contribution is 2.51. The number of nitriles is 2. The molecule has 0 bridgehead atoms. The number of para-hydroxylation sites is 5. The molecule has 0 aliphatic carbocycles. The van der Waals surface area contributed by atoms with Gasteiger partial charge in [0.2, 0.25) is 0 Å². The summed E-state index contributed by atoms with van der Waals surface area (Å²) in [7, 11) is 0. The van der Waals surface area contributed by atoms with Crippen molar-refractivity contribution in [3.63, 3.8) is 0 Å². The Balaban J connectivity index is 1.56. The molecule has 0 unspecified atom stereocenters. The maximum Gasteiger partial charge on any atom is 0.332 e. The van der Waals surface area contributed by atoms with Crippen molar-refractivity contribution in [1.29, 1.82) is 10.5 Å². The molecule has 2 aliphatic rings. The van der Waals surface area contributed by atoms with Crippen LogP contribution in [0, 0.1) is 22.7 Å². The Morgan fingerprint density at radius 2 is 1.21 bits per heavy atom. The number of hydrogen-bond donors (Lipinski definition) is 0.